The lowest BCUT2D eigenvalue weighted by atomic mass is 10.1. The maximum Gasteiger partial charge on any atom is 0.266 e. The normalized spacial score (nSPS) is 10.9. The maximum atomic E-state index is 12.9. The molecule has 0 aliphatic heterocycles. The van der Waals surface area contributed by atoms with Gasteiger partial charge in [-0.05, 0) is 101 Å². The molecule has 4 aromatic carbocycles. The lowest BCUT2D eigenvalue weighted by Gasteiger charge is -2.14. The molecule has 0 saturated carbocycles. The topological polar surface area (TPSA) is 80.6 Å². The van der Waals surface area contributed by atoms with E-state index in [1.807, 2.05) is 61.5 Å². The van der Waals surface area contributed by atoms with Gasteiger partial charge in [0.05, 0.1) is 10.7 Å². The maximum absolute atomic E-state index is 12.9. The van der Waals surface area contributed by atoms with E-state index in [4.69, 9.17) is 14.2 Å². The van der Waals surface area contributed by atoms with Crippen LogP contribution in [0.3, 0.4) is 0 Å². The summed E-state index contributed by atoms with van der Waals surface area (Å²) in [6.45, 7) is 2.86. The smallest absolute Gasteiger partial charge is 0.266 e. The molecule has 40 heavy (non-hydrogen) atoms. The van der Waals surface area contributed by atoms with Crippen molar-refractivity contribution in [2.45, 2.75) is 20.1 Å². The van der Waals surface area contributed by atoms with Crippen LogP contribution in [0.1, 0.15) is 22.3 Å². The van der Waals surface area contributed by atoms with Gasteiger partial charge >= 0.3 is 0 Å². The zero-order chi connectivity index (χ0) is 28.5. The fraction of sp³-hybridized carbons (Fsp3) is 0.125. The molecule has 0 radical (unpaired) electrons. The molecule has 0 aliphatic carbocycles. The van der Waals surface area contributed by atoms with Crippen LogP contribution >= 0.6 is 38.5 Å². The number of methoxy groups -OCH3 is 1. The molecule has 0 saturated heterocycles. The first-order chi connectivity index (χ1) is 19.3. The lowest BCUT2D eigenvalue weighted by molar-refractivity contribution is -0.112. The number of aryl methyl sites for hydroxylation is 1. The quantitative estimate of drug-likeness (QED) is 0.102. The molecule has 0 aromatic heterocycles. The summed E-state index contributed by atoms with van der Waals surface area (Å²) in [4.78, 5) is 12.9. The second-order valence-electron chi connectivity index (χ2n) is 8.88. The number of carbonyl (C=O) groups excluding carboxylic acids is 1. The second-order valence-corrected chi connectivity index (χ2v) is 11.0. The molecular formula is C32H26BrIN2O4. The number of amides is 1. The van der Waals surface area contributed by atoms with E-state index in [1.165, 1.54) is 6.08 Å². The molecule has 0 atom stereocenters. The first-order valence-electron chi connectivity index (χ1n) is 12.3. The number of rotatable bonds is 10. The second kappa shape index (κ2) is 14.0. The van der Waals surface area contributed by atoms with E-state index in [0.717, 1.165) is 24.7 Å². The number of benzene rings is 4. The zero-order valence-corrected chi connectivity index (χ0v) is 25.7. The Morgan fingerprint density at radius 3 is 2.38 bits per heavy atom. The van der Waals surface area contributed by atoms with Gasteiger partial charge in [0.2, 0.25) is 0 Å². The van der Waals surface area contributed by atoms with Crippen molar-refractivity contribution in [3.8, 4) is 23.3 Å². The molecule has 0 unspecified atom stereocenters. The third kappa shape index (κ3) is 8.10. The summed E-state index contributed by atoms with van der Waals surface area (Å²) in [7, 11) is 1.56. The first kappa shape index (κ1) is 29.2. The van der Waals surface area contributed by atoms with E-state index in [1.54, 1.807) is 37.4 Å². The van der Waals surface area contributed by atoms with Gasteiger partial charge in [0.1, 0.15) is 30.6 Å². The van der Waals surface area contributed by atoms with E-state index in [0.29, 0.717) is 41.7 Å². The molecule has 0 heterocycles. The van der Waals surface area contributed by atoms with Gasteiger partial charge in [-0.3, -0.25) is 4.79 Å². The minimum atomic E-state index is -0.514. The summed E-state index contributed by atoms with van der Waals surface area (Å²) in [6, 6.07) is 28.6. The summed E-state index contributed by atoms with van der Waals surface area (Å²) in [5.41, 5.74) is 4.41. The van der Waals surface area contributed by atoms with Gasteiger partial charge in [-0.2, -0.15) is 5.26 Å². The number of nitrogens with zero attached hydrogens (tertiary/aromatic N) is 1. The predicted octanol–water partition coefficient (Wildman–Crippen LogP) is 8.07. The van der Waals surface area contributed by atoms with Crippen molar-refractivity contribution < 1.29 is 19.0 Å². The number of nitrogens with one attached hydrogen (secondary N) is 1. The van der Waals surface area contributed by atoms with Crippen LogP contribution in [-0.4, -0.2) is 13.0 Å². The van der Waals surface area contributed by atoms with Crippen molar-refractivity contribution >= 4 is 56.2 Å². The van der Waals surface area contributed by atoms with Crippen LogP contribution in [0.15, 0.2) is 95.0 Å². The fourth-order valence-corrected chi connectivity index (χ4v) is 4.86. The average Bonchev–Trinajstić information content (AvgIpc) is 2.95. The van der Waals surface area contributed by atoms with E-state index in [-0.39, 0.29) is 5.57 Å². The largest absolute Gasteiger partial charge is 0.493 e. The Hall–Kier alpha value is -3.81. The van der Waals surface area contributed by atoms with Crippen LogP contribution in [-0.2, 0) is 18.0 Å². The molecule has 1 N–H and O–H groups in total. The molecule has 0 bridgehead atoms. The van der Waals surface area contributed by atoms with E-state index >= 15 is 0 Å². The van der Waals surface area contributed by atoms with Crippen LogP contribution in [0.2, 0.25) is 0 Å². The standard InChI is InChI=1S/C32H26BrIN2O4/c1-21-4-3-5-23(14-21)20-40-31-29(34)16-24(17-30(31)38-2)15-25(18-35)32(37)36-27-10-12-28(13-11-27)39-19-22-6-8-26(33)9-7-22/h3-17H,19-20H2,1-2H3,(H,36,37)/b25-15+. The van der Waals surface area contributed by atoms with Crippen molar-refractivity contribution in [2.75, 3.05) is 12.4 Å². The molecule has 0 spiro atoms. The van der Waals surface area contributed by atoms with E-state index in [9.17, 15) is 10.1 Å². The molecule has 4 rings (SSSR count). The van der Waals surface area contributed by atoms with Gasteiger partial charge in [-0.1, -0.05) is 57.9 Å². The Morgan fingerprint density at radius 1 is 0.975 bits per heavy atom. The average molecular weight is 709 g/mol. The van der Waals surface area contributed by atoms with E-state index in [2.05, 4.69) is 49.9 Å². The summed E-state index contributed by atoms with van der Waals surface area (Å²) in [5, 5.41) is 12.5. The Bertz CT molecular complexity index is 1560. The highest BCUT2D eigenvalue weighted by Gasteiger charge is 2.14. The highest BCUT2D eigenvalue weighted by Crippen LogP contribution is 2.35. The predicted molar refractivity (Wildman–Crippen MR) is 168 cm³/mol. The Morgan fingerprint density at radius 2 is 1.70 bits per heavy atom. The molecule has 8 heteroatoms. The van der Waals surface area contributed by atoms with Crippen LogP contribution < -0.4 is 19.5 Å². The number of ether oxygens (including phenoxy) is 3. The highest BCUT2D eigenvalue weighted by atomic mass is 127. The molecular weight excluding hydrogens is 683 g/mol. The Kier molecular flexibility index (Phi) is 10.2. The summed E-state index contributed by atoms with van der Waals surface area (Å²) in [6.07, 6.45) is 1.53. The summed E-state index contributed by atoms with van der Waals surface area (Å²) < 4.78 is 19.2. The van der Waals surface area contributed by atoms with Crippen LogP contribution in [0.5, 0.6) is 17.2 Å². The fourth-order valence-electron chi connectivity index (χ4n) is 3.82. The Labute approximate surface area is 255 Å². The van der Waals surface area contributed by atoms with Gasteiger partial charge in [-0.15, -0.1) is 0 Å². The summed E-state index contributed by atoms with van der Waals surface area (Å²) in [5.74, 6) is 1.28. The van der Waals surface area contributed by atoms with E-state index < -0.39 is 5.91 Å². The molecule has 202 valence electrons. The number of hydrogen-bond donors (Lipinski definition) is 1. The number of carbonyl (C=O) groups is 1. The number of halogens is 2. The molecule has 6 nitrogen and oxygen atoms in total. The summed E-state index contributed by atoms with van der Waals surface area (Å²) >= 11 is 5.58. The minimum Gasteiger partial charge on any atom is -0.493 e. The zero-order valence-electron chi connectivity index (χ0n) is 21.9. The Balaban J connectivity index is 1.41. The highest BCUT2D eigenvalue weighted by molar-refractivity contribution is 14.1. The monoisotopic (exact) mass is 708 g/mol. The van der Waals surface area contributed by atoms with Gasteiger partial charge in [0, 0.05) is 10.2 Å². The SMILES string of the molecule is COc1cc(/C=C(\C#N)C(=O)Nc2ccc(OCc3ccc(Br)cc3)cc2)cc(I)c1OCc1cccc(C)c1. The molecule has 0 aliphatic rings. The molecule has 4 aromatic rings. The van der Waals surface area contributed by atoms with Crippen molar-refractivity contribution in [3.05, 3.63) is 121 Å². The van der Waals surface area contributed by atoms with Crippen molar-refractivity contribution in [1.29, 1.82) is 5.26 Å². The van der Waals surface area contributed by atoms with Gasteiger partial charge in [0.15, 0.2) is 11.5 Å². The molecule has 1 amide bonds. The van der Waals surface area contributed by atoms with Crippen molar-refractivity contribution in [1.82, 2.24) is 0 Å². The number of nitriles is 1. The van der Waals surface area contributed by atoms with Crippen LogP contribution in [0, 0.1) is 21.8 Å². The lowest BCUT2D eigenvalue weighted by Crippen LogP contribution is -2.13. The van der Waals surface area contributed by atoms with Crippen molar-refractivity contribution in [3.63, 3.8) is 0 Å². The third-order valence-corrected chi connectivity index (χ3v) is 7.15. The molecule has 0 fully saturated rings. The van der Waals surface area contributed by atoms with Gasteiger partial charge in [0.25, 0.3) is 5.91 Å². The van der Waals surface area contributed by atoms with Crippen LogP contribution in [0.25, 0.3) is 6.08 Å². The number of hydrogen-bond acceptors (Lipinski definition) is 5. The first-order valence-corrected chi connectivity index (χ1v) is 14.2. The van der Waals surface area contributed by atoms with Crippen LogP contribution in [0.4, 0.5) is 5.69 Å². The number of anilines is 1. The van der Waals surface area contributed by atoms with Gasteiger partial charge in [-0.25, -0.2) is 0 Å². The van der Waals surface area contributed by atoms with Gasteiger partial charge < -0.3 is 19.5 Å². The third-order valence-electron chi connectivity index (χ3n) is 5.82. The van der Waals surface area contributed by atoms with Crippen molar-refractivity contribution in [2.24, 2.45) is 0 Å². The minimum absolute atomic E-state index is 0.0400.